The van der Waals surface area contributed by atoms with Crippen LogP contribution < -0.4 is 15.4 Å². The van der Waals surface area contributed by atoms with Crippen molar-refractivity contribution in [2.24, 2.45) is 0 Å². The summed E-state index contributed by atoms with van der Waals surface area (Å²) in [5.74, 6) is 0.982. The zero-order chi connectivity index (χ0) is 16.5. The van der Waals surface area contributed by atoms with Crippen molar-refractivity contribution in [3.63, 3.8) is 0 Å². The molecule has 0 radical (unpaired) electrons. The Morgan fingerprint density at radius 3 is 3.00 bits per heavy atom. The van der Waals surface area contributed by atoms with Crippen LogP contribution in [0.3, 0.4) is 0 Å². The predicted octanol–water partition coefficient (Wildman–Crippen LogP) is 1.60. The fourth-order valence-electron chi connectivity index (χ4n) is 1.68. The van der Waals surface area contributed by atoms with Gasteiger partial charge in [0.05, 0.1) is 0 Å². The minimum Gasteiger partial charge on any atom is -0.472 e. The third-order valence-electron chi connectivity index (χ3n) is 2.66. The lowest BCUT2D eigenvalue weighted by Crippen LogP contribution is -2.30. The minimum atomic E-state index is -2.58. The second kappa shape index (κ2) is 8.61. The number of carbonyl (C=O) groups is 1. The molecule has 0 aliphatic rings. The summed E-state index contributed by atoms with van der Waals surface area (Å²) < 4.78 is 28.9. The highest BCUT2D eigenvalue weighted by atomic mass is 19.3. The Morgan fingerprint density at radius 1 is 1.39 bits per heavy atom. The molecule has 0 aliphatic heterocycles. The molecule has 0 saturated heterocycles. The van der Waals surface area contributed by atoms with Gasteiger partial charge in [-0.15, -0.1) is 0 Å². The normalized spacial score (nSPS) is 10.6. The SMILES string of the molecule is O=C(NCCCc1ncn[nH]1)Nc1cccc(OCC(F)F)n1. The Morgan fingerprint density at radius 2 is 2.26 bits per heavy atom. The van der Waals surface area contributed by atoms with Gasteiger partial charge in [0.25, 0.3) is 6.43 Å². The fraction of sp³-hybridized carbons (Fsp3) is 0.385. The van der Waals surface area contributed by atoms with E-state index in [1.165, 1.54) is 18.5 Å². The average Bonchev–Trinajstić information content (AvgIpc) is 3.03. The number of aromatic nitrogens is 4. The number of rotatable bonds is 8. The number of urea groups is 1. The fourth-order valence-corrected chi connectivity index (χ4v) is 1.68. The Hall–Kier alpha value is -2.78. The molecular weight excluding hydrogens is 310 g/mol. The first-order valence-electron chi connectivity index (χ1n) is 6.90. The molecule has 2 aromatic rings. The summed E-state index contributed by atoms with van der Waals surface area (Å²) >= 11 is 0. The van der Waals surface area contributed by atoms with Crippen LogP contribution in [-0.2, 0) is 6.42 Å². The zero-order valence-electron chi connectivity index (χ0n) is 12.1. The van der Waals surface area contributed by atoms with Crippen molar-refractivity contribution in [3.8, 4) is 5.88 Å². The average molecular weight is 326 g/mol. The largest absolute Gasteiger partial charge is 0.472 e. The highest BCUT2D eigenvalue weighted by molar-refractivity contribution is 5.88. The topological polar surface area (TPSA) is 105 Å². The van der Waals surface area contributed by atoms with Gasteiger partial charge in [-0.3, -0.25) is 10.4 Å². The van der Waals surface area contributed by atoms with Crippen LogP contribution in [0, 0.1) is 0 Å². The van der Waals surface area contributed by atoms with Gasteiger partial charge < -0.3 is 10.1 Å². The molecule has 2 aromatic heterocycles. The lowest BCUT2D eigenvalue weighted by molar-refractivity contribution is 0.0796. The van der Waals surface area contributed by atoms with Crippen LogP contribution in [0.5, 0.6) is 5.88 Å². The maximum absolute atomic E-state index is 12.1. The quantitative estimate of drug-likeness (QED) is 0.639. The zero-order valence-corrected chi connectivity index (χ0v) is 12.1. The third-order valence-corrected chi connectivity index (χ3v) is 2.66. The summed E-state index contributed by atoms with van der Waals surface area (Å²) in [4.78, 5) is 19.6. The van der Waals surface area contributed by atoms with Crippen molar-refractivity contribution in [3.05, 3.63) is 30.4 Å². The van der Waals surface area contributed by atoms with Gasteiger partial charge in [-0.25, -0.2) is 18.6 Å². The maximum Gasteiger partial charge on any atom is 0.320 e. The number of nitrogens with zero attached hydrogens (tertiary/aromatic N) is 3. The number of hydrogen-bond donors (Lipinski definition) is 3. The summed E-state index contributed by atoms with van der Waals surface area (Å²) in [6, 6.07) is 4.07. The number of alkyl halides is 2. The molecule has 3 N–H and O–H groups in total. The molecule has 0 spiro atoms. The van der Waals surface area contributed by atoms with Crippen LogP contribution in [-0.4, -0.2) is 45.8 Å². The Labute approximate surface area is 130 Å². The summed E-state index contributed by atoms with van der Waals surface area (Å²) in [6.07, 6.45) is 0.189. The first-order valence-corrected chi connectivity index (χ1v) is 6.90. The van der Waals surface area contributed by atoms with Gasteiger partial charge in [0.15, 0.2) is 6.61 Å². The summed E-state index contributed by atoms with van der Waals surface area (Å²) in [5.41, 5.74) is 0. The molecule has 2 heterocycles. The van der Waals surface area contributed by atoms with Crippen molar-refractivity contribution < 1.29 is 18.3 Å². The van der Waals surface area contributed by atoms with Gasteiger partial charge in [-0.2, -0.15) is 10.1 Å². The number of amides is 2. The highest BCUT2D eigenvalue weighted by Gasteiger charge is 2.07. The molecule has 23 heavy (non-hydrogen) atoms. The number of aryl methyl sites for hydroxylation is 1. The van der Waals surface area contributed by atoms with E-state index in [4.69, 9.17) is 4.74 Å². The number of halogens is 2. The molecule has 0 fully saturated rings. The van der Waals surface area contributed by atoms with Crippen LogP contribution in [0.4, 0.5) is 19.4 Å². The van der Waals surface area contributed by atoms with Crippen molar-refractivity contribution in [2.45, 2.75) is 19.3 Å². The van der Waals surface area contributed by atoms with Crippen molar-refractivity contribution in [2.75, 3.05) is 18.5 Å². The third kappa shape index (κ3) is 6.24. The summed E-state index contributed by atoms with van der Waals surface area (Å²) in [7, 11) is 0. The van der Waals surface area contributed by atoms with Crippen molar-refractivity contribution in [1.29, 1.82) is 0 Å². The van der Waals surface area contributed by atoms with E-state index in [0.717, 1.165) is 5.82 Å². The Balaban J connectivity index is 1.70. The first kappa shape index (κ1) is 16.6. The number of aromatic amines is 1. The first-order chi connectivity index (χ1) is 11.1. The highest BCUT2D eigenvalue weighted by Crippen LogP contribution is 2.12. The standard InChI is InChI=1S/C13H16F2N6O2/c14-9(15)7-23-12-5-1-3-11(19-12)20-13(22)16-6-2-4-10-17-8-18-21-10/h1,3,5,8-9H,2,4,6-7H2,(H,17,18,21)(H2,16,19,20,22). The van der Waals surface area contributed by atoms with Crippen LogP contribution in [0.15, 0.2) is 24.5 Å². The monoisotopic (exact) mass is 326 g/mol. The molecule has 0 aliphatic carbocycles. The van der Waals surface area contributed by atoms with Gasteiger partial charge in [0.2, 0.25) is 5.88 Å². The minimum absolute atomic E-state index is 0.0217. The molecule has 0 bridgehead atoms. The predicted molar refractivity (Wildman–Crippen MR) is 77.5 cm³/mol. The van der Waals surface area contributed by atoms with E-state index in [0.29, 0.717) is 19.4 Å². The van der Waals surface area contributed by atoms with E-state index < -0.39 is 19.1 Å². The number of ether oxygens (including phenoxy) is 1. The number of H-pyrrole nitrogens is 1. The van der Waals surface area contributed by atoms with E-state index in [2.05, 4.69) is 30.8 Å². The second-order valence-electron chi connectivity index (χ2n) is 4.48. The molecule has 2 amide bonds. The molecule has 8 nitrogen and oxygen atoms in total. The van der Waals surface area contributed by atoms with Crippen LogP contribution in [0.25, 0.3) is 0 Å². The number of hydrogen-bond acceptors (Lipinski definition) is 5. The van der Waals surface area contributed by atoms with Gasteiger partial charge in [0, 0.05) is 19.0 Å². The van der Waals surface area contributed by atoms with Crippen molar-refractivity contribution in [1.82, 2.24) is 25.5 Å². The molecule has 0 aromatic carbocycles. The van der Waals surface area contributed by atoms with E-state index >= 15 is 0 Å². The van der Waals surface area contributed by atoms with Gasteiger partial charge in [0.1, 0.15) is 18.0 Å². The Bertz CT molecular complexity index is 608. The lowest BCUT2D eigenvalue weighted by Gasteiger charge is -2.08. The molecule has 0 saturated carbocycles. The molecular formula is C13H16F2N6O2. The molecule has 124 valence electrons. The Kier molecular flexibility index (Phi) is 6.21. The van der Waals surface area contributed by atoms with Crippen LogP contribution in [0.2, 0.25) is 0 Å². The van der Waals surface area contributed by atoms with Crippen LogP contribution in [0.1, 0.15) is 12.2 Å². The van der Waals surface area contributed by atoms with E-state index in [1.54, 1.807) is 6.07 Å². The number of carbonyl (C=O) groups excluding carboxylic acids is 1. The van der Waals surface area contributed by atoms with E-state index in [9.17, 15) is 13.6 Å². The van der Waals surface area contributed by atoms with Crippen LogP contribution >= 0.6 is 0 Å². The molecule has 0 unspecified atom stereocenters. The van der Waals surface area contributed by atoms with E-state index in [1.807, 2.05) is 0 Å². The van der Waals surface area contributed by atoms with Gasteiger partial charge >= 0.3 is 6.03 Å². The van der Waals surface area contributed by atoms with Gasteiger partial charge in [-0.1, -0.05) is 6.07 Å². The smallest absolute Gasteiger partial charge is 0.320 e. The second-order valence-corrected chi connectivity index (χ2v) is 4.48. The number of pyridine rings is 1. The summed E-state index contributed by atoms with van der Waals surface area (Å²) in [5, 5.41) is 11.6. The van der Waals surface area contributed by atoms with E-state index in [-0.39, 0.29) is 11.7 Å². The maximum atomic E-state index is 12.1. The number of anilines is 1. The molecule has 10 heteroatoms. The molecule has 0 atom stereocenters. The van der Waals surface area contributed by atoms with Crippen molar-refractivity contribution >= 4 is 11.8 Å². The number of nitrogens with one attached hydrogen (secondary N) is 3. The van der Waals surface area contributed by atoms with Gasteiger partial charge in [-0.05, 0) is 12.5 Å². The molecule has 2 rings (SSSR count). The summed E-state index contributed by atoms with van der Waals surface area (Å²) in [6.45, 7) is -0.307. The lowest BCUT2D eigenvalue weighted by atomic mass is 10.3.